The van der Waals surface area contributed by atoms with Gasteiger partial charge in [0.25, 0.3) is 0 Å². The third-order valence-electron chi connectivity index (χ3n) is 4.86. The minimum absolute atomic E-state index is 0.0581. The van der Waals surface area contributed by atoms with Crippen molar-refractivity contribution in [1.29, 1.82) is 0 Å². The van der Waals surface area contributed by atoms with Crippen LogP contribution in [0.4, 0.5) is 0 Å². The Kier molecular flexibility index (Phi) is 3.62. The molecule has 2 aliphatic rings. The molecule has 0 spiro atoms. The third-order valence-corrected chi connectivity index (χ3v) is 4.86. The molecule has 2 aliphatic carbocycles. The summed E-state index contributed by atoms with van der Waals surface area (Å²) in [6, 6.07) is 9.35. The first-order valence-corrected chi connectivity index (χ1v) is 7.35. The lowest BCUT2D eigenvalue weighted by molar-refractivity contribution is -0.128. The molecule has 1 fully saturated rings. The minimum Gasteiger partial charge on any atom is -0.394 e. The Morgan fingerprint density at radius 1 is 1.30 bits per heavy atom. The largest absolute Gasteiger partial charge is 0.394 e. The number of carbonyl (C=O) groups is 1. The number of amides is 1. The quantitative estimate of drug-likeness (QED) is 0.826. The highest BCUT2D eigenvalue weighted by molar-refractivity contribution is 5.80. The van der Waals surface area contributed by atoms with Crippen molar-refractivity contribution >= 4 is 5.91 Å². The molecule has 20 heavy (non-hydrogen) atoms. The topological polar surface area (TPSA) is 49.3 Å². The highest BCUT2D eigenvalue weighted by Gasteiger charge is 2.45. The molecule has 3 nitrogen and oxygen atoms in total. The smallest absolute Gasteiger partial charge is 0.224 e. The maximum absolute atomic E-state index is 12.5. The van der Waals surface area contributed by atoms with Gasteiger partial charge in [-0.3, -0.25) is 4.79 Å². The monoisotopic (exact) mass is 271 g/mol. The van der Waals surface area contributed by atoms with Gasteiger partial charge >= 0.3 is 0 Å². The zero-order valence-corrected chi connectivity index (χ0v) is 11.7. The van der Waals surface area contributed by atoms with E-state index in [1.54, 1.807) is 0 Å². The summed E-state index contributed by atoms with van der Waals surface area (Å²) in [6.45, 7) is 2.09. The van der Waals surface area contributed by atoms with E-state index in [-0.39, 0.29) is 24.5 Å². The van der Waals surface area contributed by atoms with E-state index < -0.39 is 0 Å². The summed E-state index contributed by atoms with van der Waals surface area (Å²) >= 11 is 0. The molecule has 5 atom stereocenters. The normalized spacial score (nSPS) is 32.3. The van der Waals surface area contributed by atoms with E-state index in [1.165, 1.54) is 0 Å². The van der Waals surface area contributed by atoms with Gasteiger partial charge in [0.05, 0.1) is 12.6 Å². The summed E-state index contributed by atoms with van der Waals surface area (Å²) in [6.07, 6.45) is 5.54. The standard InChI is InChI=1S/C17H21NO2/c1-11-13-7-8-14(9-13)16(11)17(20)18-15(10-19)12-5-3-2-4-6-12/h2-8,11,13-16,19H,9-10H2,1H3,(H,18,20)/t11-,13+,14-,15-,16+/m1/s1. The number of fused-ring (bicyclic) bond motifs is 2. The molecular formula is C17H21NO2. The molecule has 0 radical (unpaired) electrons. The lowest BCUT2D eigenvalue weighted by Crippen LogP contribution is -2.39. The first kappa shape index (κ1) is 13.4. The lowest BCUT2D eigenvalue weighted by Gasteiger charge is -2.26. The molecule has 0 aromatic heterocycles. The van der Waals surface area contributed by atoms with E-state index in [4.69, 9.17) is 0 Å². The fourth-order valence-electron chi connectivity index (χ4n) is 3.69. The van der Waals surface area contributed by atoms with Crippen LogP contribution in [0.2, 0.25) is 0 Å². The number of hydrogen-bond acceptors (Lipinski definition) is 2. The molecule has 2 bridgehead atoms. The van der Waals surface area contributed by atoms with Gasteiger partial charge in [-0.25, -0.2) is 0 Å². The summed E-state index contributed by atoms with van der Waals surface area (Å²) < 4.78 is 0. The number of hydrogen-bond donors (Lipinski definition) is 2. The molecule has 1 amide bonds. The zero-order chi connectivity index (χ0) is 14.1. The van der Waals surface area contributed by atoms with Crippen LogP contribution in [-0.4, -0.2) is 17.6 Å². The van der Waals surface area contributed by atoms with Gasteiger partial charge in [-0.2, -0.15) is 0 Å². The molecular weight excluding hydrogens is 250 g/mol. The predicted molar refractivity (Wildman–Crippen MR) is 77.8 cm³/mol. The average Bonchev–Trinajstić information content (AvgIpc) is 3.06. The molecule has 106 valence electrons. The molecule has 0 heterocycles. The molecule has 2 N–H and O–H groups in total. The van der Waals surface area contributed by atoms with Crippen LogP contribution in [0.3, 0.4) is 0 Å². The van der Waals surface area contributed by atoms with Gasteiger partial charge in [0.1, 0.15) is 0 Å². The Balaban J connectivity index is 1.71. The van der Waals surface area contributed by atoms with Gasteiger partial charge in [-0.15, -0.1) is 0 Å². The molecule has 1 aromatic carbocycles. The molecule has 0 unspecified atom stereocenters. The van der Waals surface area contributed by atoms with E-state index >= 15 is 0 Å². The fourth-order valence-corrected chi connectivity index (χ4v) is 3.69. The number of aliphatic hydroxyl groups excluding tert-OH is 1. The lowest BCUT2D eigenvalue weighted by atomic mass is 9.83. The maximum Gasteiger partial charge on any atom is 0.224 e. The summed E-state index contributed by atoms with van der Waals surface area (Å²) in [5.74, 6) is 1.48. The first-order chi connectivity index (χ1) is 9.70. The highest BCUT2D eigenvalue weighted by Crippen LogP contribution is 2.47. The van der Waals surface area contributed by atoms with Crippen LogP contribution >= 0.6 is 0 Å². The number of rotatable bonds is 4. The van der Waals surface area contributed by atoms with Crippen molar-refractivity contribution < 1.29 is 9.90 Å². The maximum atomic E-state index is 12.5. The Morgan fingerprint density at radius 3 is 2.60 bits per heavy atom. The van der Waals surface area contributed by atoms with Crippen LogP contribution in [0.5, 0.6) is 0 Å². The second-order valence-electron chi connectivity index (χ2n) is 5.99. The van der Waals surface area contributed by atoms with Crippen molar-refractivity contribution in [1.82, 2.24) is 5.32 Å². The Hall–Kier alpha value is -1.61. The third kappa shape index (κ3) is 2.27. The Labute approximate surface area is 119 Å². The molecule has 3 rings (SSSR count). The van der Waals surface area contributed by atoms with Gasteiger partial charge in [-0.05, 0) is 29.7 Å². The SMILES string of the molecule is C[C@H]1[C@H](C(=O)N[C@H](CO)c2ccccc2)[C@@H]2C=C[C@H]1C2. The number of carbonyl (C=O) groups excluding carboxylic acids is 1. The molecule has 0 saturated heterocycles. The Bertz CT molecular complexity index is 511. The van der Waals surface area contributed by atoms with E-state index in [0.29, 0.717) is 17.8 Å². The van der Waals surface area contributed by atoms with E-state index in [9.17, 15) is 9.90 Å². The van der Waals surface area contributed by atoms with Crippen LogP contribution in [0.1, 0.15) is 24.9 Å². The van der Waals surface area contributed by atoms with Crippen molar-refractivity contribution in [2.45, 2.75) is 19.4 Å². The molecule has 3 heteroatoms. The number of nitrogens with one attached hydrogen (secondary N) is 1. The molecule has 0 aliphatic heterocycles. The average molecular weight is 271 g/mol. The summed E-state index contributed by atoms with van der Waals surface area (Å²) in [5.41, 5.74) is 0.953. The summed E-state index contributed by atoms with van der Waals surface area (Å²) in [7, 11) is 0. The molecule has 1 aromatic rings. The summed E-state index contributed by atoms with van der Waals surface area (Å²) in [5, 5.41) is 12.6. The number of benzene rings is 1. The van der Waals surface area contributed by atoms with Gasteiger partial charge in [0.2, 0.25) is 5.91 Å². The van der Waals surface area contributed by atoms with Crippen LogP contribution in [0, 0.1) is 23.7 Å². The fraction of sp³-hybridized carbons (Fsp3) is 0.471. The second kappa shape index (κ2) is 5.41. The minimum atomic E-state index is -0.306. The van der Waals surface area contributed by atoms with Gasteiger partial charge in [0.15, 0.2) is 0 Å². The van der Waals surface area contributed by atoms with Crippen LogP contribution in [0.15, 0.2) is 42.5 Å². The number of allylic oxidation sites excluding steroid dienone is 2. The van der Waals surface area contributed by atoms with Crippen molar-refractivity contribution in [3.63, 3.8) is 0 Å². The van der Waals surface area contributed by atoms with Gasteiger partial charge in [-0.1, -0.05) is 49.4 Å². The van der Waals surface area contributed by atoms with Gasteiger partial charge < -0.3 is 10.4 Å². The number of aliphatic hydroxyl groups is 1. The van der Waals surface area contributed by atoms with Crippen molar-refractivity contribution in [3.05, 3.63) is 48.0 Å². The van der Waals surface area contributed by atoms with E-state index in [2.05, 4.69) is 24.4 Å². The van der Waals surface area contributed by atoms with Gasteiger partial charge in [0, 0.05) is 5.92 Å². The predicted octanol–water partition coefficient (Wildman–Crippen LogP) is 2.29. The van der Waals surface area contributed by atoms with E-state index in [1.807, 2.05) is 30.3 Å². The first-order valence-electron chi connectivity index (χ1n) is 7.35. The van der Waals surface area contributed by atoms with Crippen LogP contribution in [-0.2, 0) is 4.79 Å². The summed E-state index contributed by atoms with van der Waals surface area (Å²) in [4.78, 5) is 12.5. The van der Waals surface area contributed by atoms with Crippen LogP contribution in [0.25, 0.3) is 0 Å². The zero-order valence-electron chi connectivity index (χ0n) is 11.7. The van der Waals surface area contributed by atoms with Crippen LogP contribution < -0.4 is 5.32 Å². The second-order valence-corrected chi connectivity index (χ2v) is 5.99. The molecule has 1 saturated carbocycles. The Morgan fingerprint density at radius 2 is 2.00 bits per heavy atom. The van der Waals surface area contributed by atoms with Crippen molar-refractivity contribution in [2.24, 2.45) is 23.7 Å². The van der Waals surface area contributed by atoms with Crippen molar-refractivity contribution in [3.8, 4) is 0 Å². The van der Waals surface area contributed by atoms with E-state index in [0.717, 1.165) is 12.0 Å². The highest BCUT2D eigenvalue weighted by atomic mass is 16.3. The van der Waals surface area contributed by atoms with Crippen molar-refractivity contribution in [2.75, 3.05) is 6.61 Å².